The van der Waals surface area contributed by atoms with Gasteiger partial charge in [-0.2, -0.15) is 13.2 Å². The second kappa shape index (κ2) is 12.5. The van der Waals surface area contributed by atoms with Gasteiger partial charge in [-0.3, -0.25) is 14.9 Å². The summed E-state index contributed by atoms with van der Waals surface area (Å²) in [6, 6.07) is 20.8. The summed E-state index contributed by atoms with van der Waals surface area (Å²) in [4.78, 5) is 42.2. The number of carbonyl (C=O) groups is 3. The summed E-state index contributed by atoms with van der Waals surface area (Å²) in [6.45, 7) is 0.552. The van der Waals surface area contributed by atoms with Crippen molar-refractivity contribution in [3.63, 3.8) is 0 Å². The Morgan fingerprint density at radius 3 is 2.17 bits per heavy atom. The van der Waals surface area contributed by atoms with E-state index in [0.29, 0.717) is 37.1 Å². The number of hydrogen-bond donors (Lipinski definition) is 2. The summed E-state index contributed by atoms with van der Waals surface area (Å²) in [5.41, 5.74) is 5.65. The molecule has 0 spiro atoms. The number of ether oxygens (including phenoxy) is 1. The quantitative estimate of drug-likeness (QED) is 0.338. The SMILES string of the molecule is N/C(=N\C(=O)OCc1ccccc1)NC(=O)c1ccc(C2CCN(C(=O)c3ccccc3)CC2)c(C(F)(F)F)c1. The number of guanidine groups is 1. The Labute approximate surface area is 228 Å². The Hall–Kier alpha value is -4.67. The molecule has 0 aliphatic carbocycles. The molecule has 0 unspecified atom stereocenters. The average molecular weight is 553 g/mol. The van der Waals surface area contributed by atoms with E-state index in [4.69, 9.17) is 10.5 Å². The van der Waals surface area contributed by atoms with Crippen molar-refractivity contribution in [3.05, 3.63) is 107 Å². The molecule has 208 valence electrons. The van der Waals surface area contributed by atoms with Crippen LogP contribution in [0.1, 0.15) is 56.2 Å². The molecule has 11 heteroatoms. The zero-order chi connectivity index (χ0) is 28.7. The van der Waals surface area contributed by atoms with Crippen LogP contribution in [0.2, 0.25) is 0 Å². The number of aliphatic imine (C=N–C) groups is 1. The van der Waals surface area contributed by atoms with Crippen molar-refractivity contribution in [1.82, 2.24) is 10.2 Å². The maximum atomic E-state index is 14.0. The smallest absolute Gasteiger partial charge is 0.437 e. The van der Waals surface area contributed by atoms with E-state index in [1.165, 1.54) is 12.1 Å². The molecular weight excluding hydrogens is 525 g/mol. The van der Waals surface area contributed by atoms with Crippen molar-refractivity contribution in [2.45, 2.75) is 31.5 Å². The van der Waals surface area contributed by atoms with Gasteiger partial charge >= 0.3 is 12.3 Å². The van der Waals surface area contributed by atoms with E-state index in [9.17, 15) is 27.6 Å². The van der Waals surface area contributed by atoms with Gasteiger partial charge in [-0.15, -0.1) is 4.99 Å². The fourth-order valence-electron chi connectivity index (χ4n) is 4.52. The van der Waals surface area contributed by atoms with Crippen LogP contribution in [0.5, 0.6) is 0 Å². The van der Waals surface area contributed by atoms with Crippen LogP contribution >= 0.6 is 0 Å². The first kappa shape index (κ1) is 28.3. The number of benzene rings is 3. The van der Waals surface area contributed by atoms with Crippen LogP contribution in [0.15, 0.2) is 83.9 Å². The summed E-state index contributed by atoms with van der Waals surface area (Å²) < 4.78 is 47.0. The second-order valence-corrected chi connectivity index (χ2v) is 9.22. The largest absolute Gasteiger partial charge is 0.443 e. The van der Waals surface area contributed by atoms with Crippen molar-refractivity contribution in [2.24, 2.45) is 10.7 Å². The van der Waals surface area contributed by atoms with E-state index in [-0.39, 0.29) is 23.6 Å². The lowest BCUT2D eigenvalue weighted by Crippen LogP contribution is -2.38. The number of alkyl halides is 3. The third kappa shape index (κ3) is 7.25. The van der Waals surface area contributed by atoms with Gasteiger partial charge in [0.15, 0.2) is 0 Å². The molecule has 1 saturated heterocycles. The predicted octanol–water partition coefficient (Wildman–Crippen LogP) is 5.11. The monoisotopic (exact) mass is 552 g/mol. The van der Waals surface area contributed by atoms with Gasteiger partial charge in [-0.05, 0) is 54.2 Å². The summed E-state index contributed by atoms with van der Waals surface area (Å²) in [5, 5.41) is 2.11. The lowest BCUT2D eigenvalue weighted by atomic mass is 9.85. The Kier molecular flexibility index (Phi) is 8.83. The van der Waals surface area contributed by atoms with Gasteiger partial charge in [0.05, 0.1) is 5.56 Å². The molecule has 40 heavy (non-hydrogen) atoms. The van der Waals surface area contributed by atoms with Crippen LogP contribution in [0.3, 0.4) is 0 Å². The number of rotatable bonds is 5. The first-order valence-electron chi connectivity index (χ1n) is 12.5. The van der Waals surface area contributed by atoms with Crippen molar-refractivity contribution in [2.75, 3.05) is 13.1 Å². The molecule has 3 N–H and O–H groups in total. The Morgan fingerprint density at radius 2 is 1.55 bits per heavy atom. The Morgan fingerprint density at radius 1 is 0.925 bits per heavy atom. The molecule has 3 amide bonds. The van der Waals surface area contributed by atoms with Gasteiger partial charge in [-0.1, -0.05) is 54.6 Å². The molecule has 3 aromatic carbocycles. The Balaban J connectivity index is 1.41. The van der Waals surface area contributed by atoms with Crippen LogP contribution in [-0.4, -0.2) is 41.9 Å². The number of nitrogens with zero attached hydrogens (tertiary/aromatic N) is 2. The van der Waals surface area contributed by atoms with E-state index < -0.39 is 35.6 Å². The zero-order valence-corrected chi connectivity index (χ0v) is 21.4. The van der Waals surface area contributed by atoms with Gasteiger partial charge in [-0.25, -0.2) is 4.79 Å². The molecular formula is C29H27F3N4O4. The molecule has 4 rings (SSSR count). The molecule has 0 aromatic heterocycles. The molecule has 1 heterocycles. The summed E-state index contributed by atoms with van der Waals surface area (Å²) in [6.07, 6.45) is -5.09. The number of likely N-dealkylation sites (tertiary alicyclic amines) is 1. The van der Waals surface area contributed by atoms with E-state index in [1.807, 2.05) is 0 Å². The van der Waals surface area contributed by atoms with Gasteiger partial charge in [0.25, 0.3) is 11.8 Å². The summed E-state index contributed by atoms with van der Waals surface area (Å²) >= 11 is 0. The third-order valence-corrected chi connectivity index (χ3v) is 6.52. The zero-order valence-electron chi connectivity index (χ0n) is 21.4. The van der Waals surface area contributed by atoms with E-state index in [0.717, 1.165) is 6.07 Å². The molecule has 8 nitrogen and oxygen atoms in total. The molecule has 1 aliphatic heterocycles. The number of nitrogens with one attached hydrogen (secondary N) is 1. The maximum absolute atomic E-state index is 14.0. The van der Waals surface area contributed by atoms with Crippen molar-refractivity contribution >= 4 is 23.9 Å². The van der Waals surface area contributed by atoms with Gasteiger partial charge in [0.2, 0.25) is 5.96 Å². The predicted molar refractivity (Wildman–Crippen MR) is 141 cm³/mol. The van der Waals surface area contributed by atoms with E-state index in [1.54, 1.807) is 65.6 Å². The summed E-state index contributed by atoms with van der Waals surface area (Å²) in [5.74, 6) is -2.18. The number of amides is 3. The Bertz CT molecular complexity index is 1390. The fraction of sp³-hybridized carbons (Fsp3) is 0.241. The maximum Gasteiger partial charge on any atom is 0.437 e. The molecule has 3 aromatic rings. The molecule has 1 aliphatic rings. The van der Waals surface area contributed by atoms with Crippen molar-refractivity contribution in [3.8, 4) is 0 Å². The number of carbonyl (C=O) groups excluding carboxylic acids is 3. The van der Waals surface area contributed by atoms with Crippen LogP contribution in [0, 0.1) is 0 Å². The van der Waals surface area contributed by atoms with Crippen LogP contribution in [-0.2, 0) is 17.5 Å². The van der Waals surface area contributed by atoms with Crippen molar-refractivity contribution < 1.29 is 32.3 Å². The highest BCUT2D eigenvalue weighted by Gasteiger charge is 2.37. The topological polar surface area (TPSA) is 114 Å². The average Bonchev–Trinajstić information content (AvgIpc) is 2.96. The van der Waals surface area contributed by atoms with Crippen molar-refractivity contribution in [1.29, 1.82) is 0 Å². The molecule has 1 fully saturated rings. The third-order valence-electron chi connectivity index (χ3n) is 6.52. The second-order valence-electron chi connectivity index (χ2n) is 9.22. The van der Waals surface area contributed by atoms with Gasteiger partial charge in [0, 0.05) is 24.2 Å². The standard InChI is InChI=1S/C29H27F3N4O4/c30-29(31,32)24-17-22(25(37)34-27(33)35-28(39)40-18-19-7-3-1-4-8-19)11-12-23(24)20-13-15-36(16-14-20)26(38)21-9-5-2-6-10-21/h1-12,17,20H,13-16,18H2,(H3,33,34,35,37,39). The fourth-order valence-corrected chi connectivity index (χ4v) is 4.52. The van der Waals surface area contributed by atoms with Crippen LogP contribution in [0.25, 0.3) is 0 Å². The number of halogens is 3. The van der Waals surface area contributed by atoms with Gasteiger partial charge < -0.3 is 15.4 Å². The number of piperidine rings is 1. The highest BCUT2D eigenvalue weighted by Crippen LogP contribution is 2.39. The molecule has 0 saturated carbocycles. The lowest BCUT2D eigenvalue weighted by Gasteiger charge is -2.33. The number of nitrogens with two attached hydrogens (primary N) is 1. The normalized spacial score (nSPS) is 14.5. The minimum absolute atomic E-state index is 0.0574. The highest BCUT2D eigenvalue weighted by atomic mass is 19.4. The van der Waals surface area contributed by atoms with E-state index >= 15 is 0 Å². The summed E-state index contributed by atoms with van der Waals surface area (Å²) in [7, 11) is 0. The molecule has 0 atom stereocenters. The lowest BCUT2D eigenvalue weighted by molar-refractivity contribution is -0.138. The van der Waals surface area contributed by atoms with Crippen LogP contribution in [0.4, 0.5) is 18.0 Å². The minimum atomic E-state index is -4.72. The number of hydrogen-bond acceptors (Lipinski definition) is 4. The van der Waals surface area contributed by atoms with Crippen LogP contribution < -0.4 is 11.1 Å². The minimum Gasteiger partial charge on any atom is -0.443 e. The molecule has 0 bridgehead atoms. The van der Waals surface area contributed by atoms with Gasteiger partial charge in [0.1, 0.15) is 6.61 Å². The first-order valence-corrected chi connectivity index (χ1v) is 12.5. The molecule has 0 radical (unpaired) electrons. The highest BCUT2D eigenvalue weighted by molar-refractivity contribution is 6.07. The van der Waals surface area contributed by atoms with E-state index in [2.05, 4.69) is 10.3 Å². The first-order chi connectivity index (χ1) is 19.1.